The van der Waals surface area contributed by atoms with Crippen LogP contribution in [-0.2, 0) is 15.3 Å². The summed E-state index contributed by atoms with van der Waals surface area (Å²) in [6.45, 7) is 8.64. The fraction of sp³-hybridized carbons (Fsp3) is 0.556. The monoisotopic (exact) mass is 368 g/mol. The maximum absolute atomic E-state index is 11.9. The molecule has 0 saturated carbocycles. The van der Waals surface area contributed by atoms with Crippen molar-refractivity contribution in [3.8, 4) is 5.75 Å². The molecule has 140 valence electrons. The second-order valence-corrected chi connectivity index (χ2v) is 8.77. The van der Waals surface area contributed by atoms with Crippen LogP contribution in [0.2, 0.25) is 0 Å². The topological polar surface area (TPSA) is 87.7 Å². The molecule has 0 aliphatic heterocycles. The number of benzene rings is 1. The zero-order chi connectivity index (χ0) is 19.3. The first-order chi connectivity index (χ1) is 11.4. The number of carboxylic acids is 1. The molecule has 0 bridgehead atoms. The Morgan fingerprint density at radius 1 is 1.16 bits per heavy atom. The van der Waals surface area contributed by atoms with Crippen molar-refractivity contribution in [2.24, 2.45) is 0 Å². The lowest BCUT2D eigenvalue weighted by Crippen LogP contribution is -2.58. The lowest BCUT2D eigenvalue weighted by Gasteiger charge is -2.35. The van der Waals surface area contributed by atoms with E-state index < -0.39 is 28.5 Å². The number of rotatable bonds is 7. The van der Waals surface area contributed by atoms with Crippen LogP contribution in [0.3, 0.4) is 0 Å². The van der Waals surface area contributed by atoms with E-state index in [1.807, 2.05) is 24.3 Å². The van der Waals surface area contributed by atoms with Crippen LogP contribution in [0.4, 0.5) is 4.79 Å². The molecule has 0 radical (unpaired) electrons. The highest BCUT2D eigenvalue weighted by atomic mass is 32.2. The number of nitrogens with one attached hydrogen (secondary N) is 1. The number of hydrogen-bond donors (Lipinski definition) is 1. The molecule has 1 N–H and O–H groups in total. The Morgan fingerprint density at radius 2 is 1.72 bits per heavy atom. The molecule has 7 heteroatoms. The summed E-state index contributed by atoms with van der Waals surface area (Å²) in [4.78, 5) is 23.4. The average molecular weight is 368 g/mol. The Kier molecular flexibility index (Phi) is 7.17. The number of ether oxygens (including phenoxy) is 2. The summed E-state index contributed by atoms with van der Waals surface area (Å²) < 4.78 is 9.46. The second kappa shape index (κ2) is 8.47. The first-order valence-electron chi connectivity index (χ1n) is 7.92. The number of methoxy groups -OCH3 is 1. The van der Waals surface area contributed by atoms with E-state index in [0.717, 1.165) is 11.3 Å². The van der Waals surface area contributed by atoms with Gasteiger partial charge in [-0.2, -0.15) is 0 Å². The van der Waals surface area contributed by atoms with E-state index in [0.29, 0.717) is 5.75 Å². The van der Waals surface area contributed by atoms with Gasteiger partial charge in [0.2, 0.25) is 0 Å². The highest BCUT2D eigenvalue weighted by Gasteiger charge is 2.33. The van der Waals surface area contributed by atoms with Crippen LogP contribution < -0.4 is 15.2 Å². The number of alkyl carbamates (subject to hydrolysis) is 1. The van der Waals surface area contributed by atoms with Crippen LogP contribution in [0.1, 0.15) is 40.2 Å². The van der Waals surface area contributed by atoms with E-state index in [9.17, 15) is 14.7 Å². The van der Waals surface area contributed by atoms with Crippen LogP contribution in [0.15, 0.2) is 24.3 Å². The molecule has 0 fully saturated rings. The maximum Gasteiger partial charge on any atom is 0.408 e. The second-order valence-electron chi connectivity index (χ2n) is 7.14. The summed E-state index contributed by atoms with van der Waals surface area (Å²) in [5, 5.41) is 13.9. The van der Waals surface area contributed by atoms with Crippen LogP contribution in [0, 0.1) is 0 Å². The van der Waals surface area contributed by atoms with Crippen molar-refractivity contribution >= 4 is 23.8 Å². The molecule has 1 aromatic carbocycles. The molecule has 0 aromatic heterocycles. The Labute approximate surface area is 153 Å². The van der Waals surface area contributed by atoms with Crippen molar-refractivity contribution < 1.29 is 24.2 Å². The molecule has 1 atom stereocenters. The molecule has 1 aromatic rings. The molecule has 6 nitrogen and oxygen atoms in total. The van der Waals surface area contributed by atoms with E-state index in [-0.39, 0.29) is 0 Å². The third kappa shape index (κ3) is 7.25. The lowest BCUT2D eigenvalue weighted by atomic mass is 10.0. The van der Waals surface area contributed by atoms with Crippen molar-refractivity contribution in [3.05, 3.63) is 29.8 Å². The zero-order valence-electron chi connectivity index (χ0n) is 15.5. The normalized spacial score (nSPS) is 13.0. The predicted octanol–water partition coefficient (Wildman–Crippen LogP) is 2.35. The van der Waals surface area contributed by atoms with Crippen molar-refractivity contribution in [1.82, 2.24) is 5.32 Å². The summed E-state index contributed by atoms with van der Waals surface area (Å²) >= 11 is 1.41. The first kappa shape index (κ1) is 21.2. The minimum atomic E-state index is -1.35. The van der Waals surface area contributed by atoms with Crippen molar-refractivity contribution in [3.63, 3.8) is 0 Å². The molecule has 1 rings (SSSR count). The number of carbonyl (C=O) groups is 2. The van der Waals surface area contributed by atoms with Crippen LogP contribution >= 0.6 is 11.8 Å². The Hall–Kier alpha value is -1.89. The highest BCUT2D eigenvalue weighted by Crippen LogP contribution is 2.32. The fourth-order valence-electron chi connectivity index (χ4n) is 2.02. The van der Waals surface area contributed by atoms with Crippen molar-refractivity contribution in [1.29, 1.82) is 0 Å². The summed E-state index contributed by atoms with van der Waals surface area (Å²) in [6, 6.07) is 6.33. The largest absolute Gasteiger partial charge is 0.548 e. The van der Waals surface area contributed by atoms with Gasteiger partial charge in [0.1, 0.15) is 11.4 Å². The van der Waals surface area contributed by atoms with Gasteiger partial charge in [-0.15, -0.1) is 11.8 Å². The van der Waals surface area contributed by atoms with Gasteiger partial charge >= 0.3 is 6.09 Å². The number of amides is 1. The number of thioether (sulfide) groups is 1. The standard InChI is InChI=1S/C18H27NO5S/c1-17(2,3)24-16(22)19-14(15(20)21)18(4,5)25-11-12-7-9-13(23-6)10-8-12/h7-10,14H,11H2,1-6H3,(H,19,22)(H,20,21)/p-1/t14-/m1/s1. The van der Waals surface area contributed by atoms with Gasteiger partial charge in [0.05, 0.1) is 19.1 Å². The van der Waals surface area contributed by atoms with Gasteiger partial charge in [-0.25, -0.2) is 4.79 Å². The molecule has 1 amide bonds. The lowest BCUT2D eigenvalue weighted by molar-refractivity contribution is -0.308. The number of carbonyl (C=O) groups excluding carboxylic acids is 2. The fourth-order valence-corrected chi connectivity index (χ4v) is 3.07. The minimum absolute atomic E-state index is 0.580. The third-order valence-electron chi connectivity index (χ3n) is 3.36. The van der Waals surface area contributed by atoms with E-state index in [4.69, 9.17) is 9.47 Å². The zero-order valence-corrected chi connectivity index (χ0v) is 16.4. The summed E-state index contributed by atoms with van der Waals surface area (Å²) in [5.74, 6) is -0.0122. The quantitative estimate of drug-likeness (QED) is 0.795. The number of aliphatic carboxylic acids is 1. The highest BCUT2D eigenvalue weighted by molar-refractivity contribution is 7.99. The predicted molar refractivity (Wildman–Crippen MR) is 96.5 cm³/mol. The molecule has 0 aliphatic rings. The smallest absolute Gasteiger partial charge is 0.408 e. The molecular formula is C18H26NO5S-. The number of carboxylic acid groups (broad SMARTS) is 1. The van der Waals surface area contributed by atoms with E-state index in [1.165, 1.54) is 11.8 Å². The molecular weight excluding hydrogens is 342 g/mol. The summed E-state index contributed by atoms with van der Waals surface area (Å²) in [5.41, 5.74) is 0.314. The van der Waals surface area contributed by atoms with Crippen LogP contribution in [0.5, 0.6) is 5.75 Å². The first-order valence-corrected chi connectivity index (χ1v) is 8.90. The third-order valence-corrected chi connectivity index (χ3v) is 4.82. The molecule has 25 heavy (non-hydrogen) atoms. The molecule has 0 saturated heterocycles. The van der Waals surface area contributed by atoms with Gasteiger partial charge in [-0.1, -0.05) is 12.1 Å². The Bertz CT molecular complexity index is 592. The molecule has 0 aliphatic carbocycles. The van der Waals surface area contributed by atoms with Crippen LogP contribution in [-0.4, -0.2) is 35.6 Å². The van der Waals surface area contributed by atoms with Gasteiger partial charge in [-0.3, -0.25) is 0 Å². The molecule has 0 spiro atoms. The van der Waals surface area contributed by atoms with Gasteiger partial charge in [0.25, 0.3) is 0 Å². The molecule has 0 unspecified atom stereocenters. The Balaban J connectivity index is 2.75. The van der Waals surface area contributed by atoms with E-state index in [2.05, 4.69) is 5.32 Å². The van der Waals surface area contributed by atoms with Crippen molar-refractivity contribution in [2.45, 2.75) is 56.8 Å². The van der Waals surface area contributed by atoms with Gasteiger partial charge < -0.3 is 24.7 Å². The van der Waals surface area contributed by atoms with E-state index in [1.54, 1.807) is 41.7 Å². The van der Waals surface area contributed by atoms with Gasteiger partial charge in [-0.05, 0) is 52.3 Å². The minimum Gasteiger partial charge on any atom is -0.548 e. The SMILES string of the molecule is COc1ccc(CSC(C)(C)[C@H](NC(=O)OC(C)(C)C)C(=O)[O-])cc1. The van der Waals surface area contributed by atoms with E-state index >= 15 is 0 Å². The summed E-state index contributed by atoms with van der Waals surface area (Å²) in [7, 11) is 1.60. The van der Waals surface area contributed by atoms with Gasteiger partial charge in [0, 0.05) is 10.5 Å². The Morgan fingerprint density at radius 3 is 2.16 bits per heavy atom. The molecule has 0 heterocycles. The van der Waals surface area contributed by atoms with Crippen molar-refractivity contribution in [2.75, 3.05) is 7.11 Å². The average Bonchev–Trinajstić information content (AvgIpc) is 2.49. The number of hydrogen-bond acceptors (Lipinski definition) is 6. The maximum atomic E-state index is 11.9. The summed E-state index contributed by atoms with van der Waals surface area (Å²) in [6.07, 6.45) is -0.778. The van der Waals surface area contributed by atoms with Crippen LogP contribution in [0.25, 0.3) is 0 Å². The van der Waals surface area contributed by atoms with Gasteiger partial charge in [0.15, 0.2) is 0 Å².